The van der Waals surface area contributed by atoms with E-state index in [1.807, 2.05) is 24.3 Å². The minimum absolute atomic E-state index is 0.0149. The molecule has 1 saturated heterocycles. The lowest BCUT2D eigenvalue weighted by atomic mass is 9.84. The molecule has 3 atom stereocenters. The van der Waals surface area contributed by atoms with Gasteiger partial charge in [0.25, 0.3) is 10.0 Å². The molecule has 1 aromatic heterocycles. The Morgan fingerprint density at radius 3 is 2.60 bits per heavy atom. The van der Waals surface area contributed by atoms with Gasteiger partial charge < -0.3 is 14.2 Å². The van der Waals surface area contributed by atoms with E-state index in [0.717, 1.165) is 27.1 Å². The third kappa shape index (κ3) is 6.94. The Morgan fingerprint density at radius 1 is 1.06 bits per heavy atom. The Bertz CT molecular complexity index is 1830. The van der Waals surface area contributed by atoms with Crippen molar-refractivity contribution in [3.8, 4) is 17.2 Å². The molecule has 3 aromatic carbocycles. The van der Waals surface area contributed by atoms with Crippen LogP contribution in [0, 0.1) is 5.92 Å². The highest BCUT2D eigenvalue weighted by Gasteiger charge is 2.46. The number of piperidine rings is 1. The predicted octanol–water partition coefficient (Wildman–Crippen LogP) is 7.55. The normalized spacial score (nSPS) is 20.3. The summed E-state index contributed by atoms with van der Waals surface area (Å²) in [6, 6.07) is 16.5. The molecule has 1 unspecified atom stereocenters. The van der Waals surface area contributed by atoms with Crippen molar-refractivity contribution in [3.63, 3.8) is 0 Å². The van der Waals surface area contributed by atoms with E-state index in [2.05, 4.69) is 30.2 Å². The zero-order valence-corrected chi connectivity index (χ0v) is 28.7. The number of anilines is 1. The second kappa shape index (κ2) is 13.6. The van der Waals surface area contributed by atoms with Gasteiger partial charge in [0, 0.05) is 57.8 Å². The third-order valence-electron chi connectivity index (χ3n) is 8.69. The second-order valence-corrected chi connectivity index (χ2v) is 14.9. The summed E-state index contributed by atoms with van der Waals surface area (Å²) >= 11 is 4.41. The highest BCUT2D eigenvalue weighted by atomic mass is 79.9. The van der Waals surface area contributed by atoms with Crippen molar-refractivity contribution in [1.82, 2.24) is 14.3 Å². The molecule has 0 bridgehead atoms. The van der Waals surface area contributed by atoms with E-state index in [-0.39, 0.29) is 48.6 Å². The van der Waals surface area contributed by atoms with Crippen LogP contribution in [0.5, 0.6) is 17.2 Å². The summed E-state index contributed by atoms with van der Waals surface area (Å²) in [5.74, 6) is -0.0280. The van der Waals surface area contributed by atoms with Crippen LogP contribution >= 0.6 is 27.5 Å². The molecule has 3 heterocycles. The smallest absolute Gasteiger partial charge is 0.391 e. The van der Waals surface area contributed by atoms with Gasteiger partial charge in [-0.3, -0.25) is 4.90 Å². The Hall–Kier alpha value is -3.40. The maximum absolute atomic E-state index is 14.2. The topological polar surface area (TPSA) is 94.1 Å². The largest absolute Gasteiger partial charge is 0.497 e. The average molecular weight is 754 g/mol. The Labute approximate surface area is 283 Å². The second-order valence-electron chi connectivity index (χ2n) is 11.3. The van der Waals surface area contributed by atoms with Crippen molar-refractivity contribution >= 4 is 42.6 Å². The van der Waals surface area contributed by atoms with Gasteiger partial charge >= 0.3 is 6.18 Å². The molecule has 0 N–H and O–H groups in total. The Morgan fingerprint density at radius 2 is 1.89 bits per heavy atom. The molecule has 1 fully saturated rings. The molecule has 9 nitrogen and oxygen atoms in total. The fourth-order valence-electron chi connectivity index (χ4n) is 6.35. The number of ether oxygens (including phenoxy) is 3. The fourth-order valence-corrected chi connectivity index (χ4v) is 8.91. The van der Waals surface area contributed by atoms with Crippen LogP contribution in [0.3, 0.4) is 0 Å². The van der Waals surface area contributed by atoms with E-state index in [1.54, 1.807) is 24.3 Å². The van der Waals surface area contributed by atoms with Gasteiger partial charge in [-0.25, -0.2) is 17.7 Å². The first kappa shape index (κ1) is 33.5. The van der Waals surface area contributed by atoms with Crippen LogP contribution in [-0.2, 0) is 16.6 Å². The van der Waals surface area contributed by atoms with Crippen molar-refractivity contribution < 1.29 is 35.8 Å². The number of nitrogens with zero attached hydrogens (tertiary/aromatic N) is 4. The van der Waals surface area contributed by atoms with Crippen LogP contribution < -0.4 is 18.5 Å². The molecule has 4 aromatic rings. The van der Waals surface area contributed by atoms with Gasteiger partial charge in [-0.05, 0) is 55.3 Å². The number of fused-ring (bicyclic) bond motifs is 1. The van der Waals surface area contributed by atoms with Gasteiger partial charge in [0.1, 0.15) is 23.6 Å². The van der Waals surface area contributed by atoms with E-state index < -0.39 is 28.2 Å². The van der Waals surface area contributed by atoms with Crippen molar-refractivity contribution in [2.45, 2.75) is 49.0 Å². The van der Waals surface area contributed by atoms with E-state index in [4.69, 9.17) is 14.2 Å². The highest BCUT2D eigenvalue weighted by Crippen LogP contribution is 2.48. The summed E-state index contributed by atoms with van der Waals surface area (Å²) in [7, 11) is -1.17. The van der Waals surface area contributed by atoms with Crippen molar-refractivity contribution in [3.05, 3.63) is 88.2 Å². The first-order valence-corrected chi connectivity index (χ1v) is 17.8. The van der Waals surface area contributed by atoms with E-state index >= 15 is 0 Å². The summed E-state index contributed by atoms with van der Waals surface area (Å²) in [5.41, 5.74) is 2.12. The number of likely N-dealkylation sites (tertiary alicyclic amines) is 1. The molecule has 47 heavy (non-hydrogen) atoms. The molecule has 0 amide bonds. The number of sulfonamides is 1. The lowest BCUT2D eigenvalue weighted by Gasteiger charge is -2.46. The van der Waals surface area contributed by atoms with Crippen molar-refractivity contribution in [2.24, 2.45) is 5.92 Å². The van der Waals surface area contributed by atoms with Gasteiger partial charge in [0.2, 0.25) is 5.13 Å². The minimum atomic E-state index is -4.29. The van der Waals surface area contributed by atoms with Crippen LogP contribution in [0.15, 0.2) is 76.4 Å². The fraction of sp³-hybridized carbons (Fsp3) is 0.375. The number of methoxy groups -OCH3 is 2. The zero-order chi connectivity index (χ0) is 33.3. The average Bonchev–Trinajstić information content (AvgIpc) is 3.60. The summed E-state index contributed by atoms with van der Waals surface area (Å²) in [4.78, 5) is 6.29. The number of hydrogen-bond acceptors (Lipinski definition) is 9. The molecule has 6 rings (SSSR count). The number of aromatic nitrogens is 2. The molecular formula is C32H32BrF3N4O5S2. The van der Waals surface area contributed by atoms with Crippen molar-refractivity contribution in [2.75, 3.05) is 31.7 Å². The van der Waals surface area contributed by atoms with Gasteiger partial charge in [-0.2, -0.15) is 17.5 Å². The number of hydrogen-bond donors (Lipinski definition) is 0. The molecule has 250 valence electrons. The van der Waals surface area contributed by atoms with E-state index in [1.165, 1.54) is 37.0 Å². The summed E-state index contributed by atoms with van der Waals surface area (Å²) in [6.45, 7) is 0.433. The van der Waals surface area contributed by atoms with Crippen molar-refractivity contribution in [1.29, 1.82) is 0 Å². The molecule has 0 saturated carbocycles. The molecular weight excluding hydrogens is 721 g/mol. The van der Waals surface area contributed by atoms with Crippen LogP contribution in [0.2, 0.25) is 0 Å². The number of alkyl halides is 3. The van der Waals surface area contributed by atoms with Gasteiger partial charge in [0.15, 0.2) is 0 Å². The standard InChI is InChI=1S/C32H32BrF3N4O5S2/c1-43-24-7-6-21(29(16-24)44-2)18-40(31-37-19-38-46-31)47(41,42)25-8-9-26-27(11-13-45-30(26)17-25)39-12-10-22(32(34,35)36)15-28(39)20-4-3-5-23(33)14-20/h3-9,14,16-17,19,22,27-28H,10-13,15,18H2,1-2H3/t22-,27?,28+/m1/s1. The lowest BCUT2D eigenvalue weighted by Crippen LogP contribution is -2.44. The van der Waals surface area contributed by atoms with Crippen LogP contribution in [0.25, 0.3) is 0 Å². The molecule has 2 aliphatic rings. The van der Waals surface area contributed by atoms with Gasteiger partial charge in [0.05, 0.1) is 38.2 Å². The summed E-state index contributed by atoms with van der Waals surface area (Å²) in [6.07, 6.45) is -2.53. The Kier molecular flexibility index (Phi) is 9.70. The number of halogens is 4. The third-order valence-corrected chi connectivity index (χ3v) is 11.7. The predicted molar refractivity (Wildman–Crippen MR) is 174 cm³/mol. The number of benzene rings is 3. The molecule has 0 spiro atoms. The molecule has 0 aliphatic carbocycles. The number of rotatable bonds is 9. The van der Waals surface area contributed by atoms with Crippen LogP contribution in [-0.4, -0.2) is 56.2 Å². The van der Waals surface area contributed by atoms with E-state index in [9.17, 15) is 21.6 Å². The minimum Gasteiger partial charge on any atom is -0.497 e. The zero-order valence-electron chi connectivity index (χ0n) is 25.5. The van der Waals surface area contributed by atoms with E-state index in [0.29, 0.717) is 29.2 Å². The van der Waals surface area contributed by atoms with Crippen LogP contribution in [0.4, 0.5) is 18.3 Å². The van der Waals surface area contributed by atoms with Gasteiger partial charge in [-0.15, -0.1) is 0 Å². The lowest BCUT2D eigenvalue weighted by molar-refractivity contribution is -0.192. The molecule has 0 radical (unpaired) electrons. The maximum atomic E-state index is 14.2. The quantitative estimate of drug-likeness (QED) is 0.173. The summed E-state index contributed by atoms with van der Waals surface area (Å²) < 4.78 is 93.1. The first-order chi connectivity index (χ1) is 22.5. The van der Waals surface area contributed by atoms with Crippen LogP contribution in [0.1, 0.15) is 48.0 Å². The first-order valence-electron chi connectivity index (χ1n) is 14.8. The monoisotopic (exact) mass is 752 g/mol. The molecule has 2 aliphatic heterocycles. The Balaban J connectivity index is 1.34. The summed E-state index contributed by atoms with van der Waals surface area (Å²) in [5, 5.41) is 0.170. The van der Waals surface area contributed by atoms with Gasteiger partial charge in [-0.1, -0.05) is 34.1 Å². The highest BCUT2D eigenvalue weighted by molar-refractivity contribution is 9.10. The maximum Gasteiger partial charge on any atom is 0.391 e. The molecule has 15 heteroatoms. The SMILES string of the molecule is COc1ccc(CN(c2ncns2)S(=O)(=O)c2ccc3c(c2)OCCC3N2CC[C@@H](C(F)(F)F)C[C@H]2c2cccc(Br)c2)c(OC)c1.